The van der Waals surface area contributed by atoms with Crippen LogP contribution >= 0.6 is 15.9 Å². The number of nitrogens with zero attached hydrogens (tertiary/aromatic N) is 2. The van der Waals surface area contributed by atoms with Crippen molar-refractivity contribution in [2.45, 2.75) is 51.1 Å². The molecule has 38 heavy (non-hydrogen) atoms. The molecule has 3 aromatic carbocycles. The quantitative estimate of drug-likeness (QED) is 0.287. The maximum atomic E-state index is 13.9. The first-order valence-electron chi connectivity index (χ1n) is 12.6. The monoisotopic (exact) mass is 599 g/mol. The van der Waals surface area contributed by atoms with Crippen LogP contribution in [0.3, 0.4) is 0 Å². The molecule has 9 heteroatoms. The lowest BCUT2D eigenvalue weighted by atomic mass is 10.1. The highest BCUT2D eigenvalue weighted by atomic mass is 79.9. The van der Waals surface area contributed by atoms with Crippen molar-refractivity contribution in [3.63, 3.8) is 0 Å². The zero-order valence-electron chi connectivity index (χ0n) is 21.9. The molecule has 0 radical (unpaired) electrons. The first-order valence-corrected chi connectivity index (χ1v) is 14.8. The third-order valence-electron chi connectivity index (χ3n) is 6.18. The van der Waals surface area contributed by atoms with Gasteiger partial charge in [0.25, 0.3) is 10.0 Å². The van der Waals surface area contributed by atoms with Gasteiger partial charge in [-0.25, -0.2) is 8.42 Å². The summed E-state index contributed by atoms with van der Waals surface area (Å²) >= 11 is 3.40. The smallest absolute Gasteiger partial charge is 0.264 e. The van der Waals surface area contributed by atoms with Gasteiger partial charge in [0.2, 0.25) is 11.8 Å². The van der Waals surface area contributed by atoms with E-state index in [-0.39, 0.29) is 17.3 Å². The van der Waals surface area contributed by atoms with Gasteiger partial charge in [-0.05, 0) is 56.2 Å². The molecule has 7 nitrogen and oxygen atoms in total. The van der Waals surface area contributed by atoms with Crippen LogP contribution in [0.15, 0.2) is 88.2 Å². The Morgan fingerprint density at radius 3 is 2.29 bits per heavy atom. The number of halogens is 1. The summed E-state index contributed by atoms with van der Waals surface area (Å²) in [6, 6.07) is 21.7. The molecule has 0 aliphatic rings. The number of hydrogen-bond acceptors (Lipinski definition) is 4. The molecule has 0 aliphatic heterocycles. The van der Waals surface area contributed by atoms with Gasteiger partial charge in [0.15, 0.2) is 0 Å². The highest BCUT2D eigenvalue weighted by molar-refractivity contribution is 9.10. The maximum Gasteiger partial charge on any atom is 0.264 e. The number of nitrogens with one attached hydrogen (secondary N) is 1. The molecule has 0 heterocycles. The van der Waals surface area contributed by atoms with E-state index in [2.05, 4.69) is 21.2 Å². The molecule has 0 saturated heterocycles. The molecule has 0 bridgehead atoms. The van der Waals surface area contributed by atoms with E-state index in [9.17, 15) is 18.0 Å². The molecule has 0 fully saturated rings. The summed E-state index contributed by atoms with van der Waals surface area (Å²) in [5.74, 6) is -0.762. The number of aryl methyl sites for hydroxylation is 1. The Labute approximate surface area is 234 Å². The zero-order valence-corrected chi connectivity index (χ0v) is 24.3. The van der Waals surface area contributed by atoms with E-state index in [1.165, 1.54) is 17.0 Å². The fourth-order valence-corrected chi connectivity index (χ4v) is 5.70. The van der Waals surface area contributed by atoms with Gasteiger partial charge in [0, 0.05) is 17.6 Å². The van der Waals surface area contributed by atoms with Gasteiger partial charge in [-0.3, -0.25) is 13.9 Å². The molecule has 0 spiro atoms. The molecule has 1 atom stereocenters. The Kier molecular flexibility index (Phi) is 10.5. The number of hydrogen-bond donors (Lipinski definition) is 1. The van der Waals surface area contributed by atoms with Crippen LogP contribution in [-0.4, -0.2) is 44.3 Å². The van der Waals surface area contributed by atoms with Crippen LogP contribution in [0.25, 0.3) is 0 Å². The number of carbonyl (C=O) groups is 2. The minimum absolute atomic E-state index is 0.0724. The average molecular weight is 601 g/mol. The van der Waals surface area contributed by atoms with Crippen molar-refractivity contribution in [3.05, 3.63) is 94.5 Å². The fraction of sp³-hybridized carbons (Fsp3) is 0.310. The average Bonchev–Trinajstić information content (AvgIpc) is 2.91. The Morgan fingerprint density at radius 2 is 1.66 bits per heavy atom. The van der Waals surface area contributed by atoms with Crippen LogP contribution in [0, 0.1) is 6.92 Å². The van der Waals surface area contributed by atoms with Gasteiger partial charge >= 0.3 is 0 Å². The number of carbonyl (C=O) groups excluding carboxylic acids is 2. The van der Waals surface area contributed by atoms with Crippen LogP contribution in [0.4, 0.5) is 5.69 Å². The van der Waals surface area contributed by atoms with Crippen molar-refractivity contribution in [1.29, 1.82) is 0 Å². The molecule has 3 aromatic rings. The molecule has 1 N–H and O–H groups in total. The third kappa shape index (κ3) is 7.68. The highest BCUT2D eigenvalue weighted by Gasteiger charge is 2.32. The van der Waals surface area contributed by atoms with Crippen LogP contribution in [-0.2, 0) is 26.2 Å². The van der Waals surface area contributed by atoms with E-state index in [0.717, 1.165) is 28.3 Å². The molecular formula is C29H34BrN3O4S. The number of sulfonamides is 1. The number of amides is 2. The fourth-order valence-electron chi connectivity index (χ4n) is 3.89. The standard InChI is InChI=1S/C29H34BrN3O4S/c1-4-5-18-31-29(35)23(3)32(20-24-16-14-22(2)15-17-24)28(34)21-33(26-11-9-10-25(30)19-26)38(36,37)27-12-7-6-8-13-27/h6-17,19,23H,4-5,18,20-21H2,1-3H3,(H,31,35)/t23-/m0/s1. The van der Waals surface area contributed by atoms with E-state index in [1.54, 1.807) is 49.4 Å². The van der Waals surface area contributed by atoms with Crippen molar-refractivity contribution in [2.24, 2.45) is 0 Å². The molecule has 2 amide bonds. The van der Waals surface area contributed by atoms with Crippen LogP contribution in [0.5, 0.6) is 0 Å². The third-order valence-corrected chi connectivity index (χ3v) is 8.46. The van der Waals surface area contributed by atoms with Crippen molar-refractivity contribution in [3.8, 4) is 0 Å². The second-order valence-electron chi connectivity index (χ2n) is 9.13. The summed E-state index contributed by atoms with van der Waals surface area (Å²) in [5.41, 5.74) is 2.26. The Hall–Kier alpha value is -3.17. The summed E-state index contributed by atoms with van der Waals surface area (Å²) in [7, 11) is -4.08. The summed E-state index contributed by atoms with van der Waals surface area (Å²) in [4.78, 5) is 28.4. The second-order valence-corrected chi connectivity index (χ2v) is 11.9. The predicted octanol–water partition coefficient (Wildman–Crippen LogP) is 5.29. The van der Waals surface area contributed by atoms with Gasteiger partial charge in [-0.2, -0.15) is 0 Å². The first-order chi connectivity index (χ1) is 18.1. The highest BCUT2D eigenvalue weighted by Crippen LogP contribution is 2.27. The van der Waals surface area contributed by atoms with Gasteiger partial charge in [-0.15, -0.1) is 0 Å². The molecule has 0 unspecified atom stereocenters. The Bertz CT molecular complexity index is 1330. The molecule has 3 rings (SSSR count). The number of benzene rings is 3. The first kappa shape index (κ1) is 29.4. The van der Waals surface area contributed by atoms with E-state index in [0.29, 0.717) is 16.7 Å². The normalized spacial score (nSPS) is 12.0. The topological polar surface area (TPSA) is 86.8 Å². The Balaban J connectivity index is 1.98. The minimum Gasteiger partial charge on any atom is -0.354 e. The van der Waals surface area contributed by atoms with E-state index >= 15 is 0 Å². The van der Waals surface area contributed by atoms with Crippen molar-refractivity contribution >= 4 is 43.5 Å². The minimum atomic E-state index is -4.08. The lowest BCUT2D eigenvalue weighted by Crippen LogP contribution is -2.51. The lowest BCUT2D eigenvalue weighted by molar-refractivity contribution is -0.139. The van der Waals surface area contributed by atoms with Gasteiger partial charge < -0.3 is 10.2 Å². The molecular weight excluding hydrogens is 566 g/mol. The number of anilines is 1. The lowest BCUT2D eigenvalue weighted by Gasteiger charge is -2.32. The van der Waals surface area contributed by atoms with Gasteiger partial charge in [0.05, 0.1) is 10.6 Å². The number of unbranched alkanes of at least 4 members (excludes halogenated alkanes) is 1. The van der Waals surface area contributed by atoms with Crippen molar-refractivity contribution in [2.75, 3.05) is 17.4 Å². The number of rotatable bonds is 12. The van der Waals surface area contributed by atoms with Crippen LogP contribution < -0.4 is 9.62 Å². The molecule has 0 aliphatic carbocycles. The summed E-state index contributed by atoms with van der Waals surface area (Å²) in [6.45, 7) is 5.89. The molecule has 0 aromatic heterocycles. The van der Waals surface area contributed by atoms with Gasteiger partial charge in [0.1, 0.15) is 12.6 Å². The largest absolute Gasteiger partial charge is 0.354 e. The zero-order chi connectivity index (χ0) is 27.7. The summed E-state index contributed by atoms with van der Waals surface area (Å²) in [6.07, 6.45) is 1.76. The maximum absolute atomic E-state index is 13.9. The Morgan fingerprint density at radius 1 is 0.974 bits per heavy atom. The van der Waals surface area contributed by atoms with Crippen LogP contribution in [0.1, 0.15) is 37.8 Å². The predicted molar refractivity (Wildman–Crippen MR) is 154 cm³/mol. The van der Waals surface area contributed by atoms with Crippen LogP contribution in [0.2, 0.25) is 0 Å². The molecule has 0 saturated carbocycles. The van der Waals surface area contributed by atoms with Gasteiger partial charge in [-0.1, -0.05) is 83.4 Å². The van der Waals surface area contributed by atoms with Crippen molar-refractivity contribution in [1.82, 2.24) is 10.2 Å². The molecule has 202 valence electrons. The second kappa shape index (κ2) is 13.6. The van der Waals surface area contributed by atoms with E-state index < -0.39 is 28.5 Å². The SMILES string of the molecule is CCCCNC(=O)[C@H](C)N(Cc1ccc(C)cc1)C(=O)CN(c1cccc(Br)c1)S(=O)(=O)c1ccccc1. The summed E-state index contributed by atoms with van der Waals surface area (Å²) in [5, 5.41) is 2.89. The summed E-state index contributed by atoms with van der Waals surface area (Å²) < 4.78 is 29.2. The van der Waals surface area contributed by atoms with Crippen molar-refractivity contribution < 1.29 is 18.0 Å². The van der Waals surface area contributed by atoms with E-state index in [1.807, 2.05) is 38.1 Å². The van der Waals surface area contributed by atoms with E-state index in [4.69, 9.17) is 0 Å².